The zero-order valence-electron chi connectivity index (χ0n) is 14.8. The van der Waals surface area contributed by atoms with Gasteiger partial charge in [0.2, 0.25) is 5.75 Å². The second kappa shape index (κ2) is 6.84. The third-order valence-corrected chi connectivity index (χ3v) is 4.32. The topological polar surface area (TPSA) is 78.7 Å². The normalized spacial score (nSPS) is 10.7. The van der Waals surface area contributed by atoms with E-state index in [9.17, 15) is 0 Å². The third-order valence-electron chi connectivity index (χ3n) is 4.32. The van der Waals surface area contributed by atoms with Gasteiger partial charge in [0, 0.05) is 18.0 Å². The van der Waals surface area contributed by atoms with Crippen LogP contribution in [0.25, 0.3) is 10.9 Å². The van der Waals surface area contributed by atoms with Crippen molar-refractivity contribution in [2.24, 2.45) is 0 Å². The minimum absolute atomic E-state index is 0.481. The van der Waals surface area contributed by atoms with Gasteiger partial charge in [-0.3, -0.25) is 0 Å². The molecular weight excluding hydrogens is 320 g/mol. The van der Waals surface area contributed by atoms with Crippen molar-refractivity contribution in [1.82, 2.24) is 4.98 Å². The summed E-state index contributed by atoms with van der Waals surface area (Å²) < 4.78 is 21.6. The molecule has 0 unspecified atom stereocenters. The largest absolute Gasteiger partial charge is 0.495 e. The van der Waals surface area contributed by atoms with Crippen molar-refractivity contribution < 1.29 is 18.9 Å². The number of rotatable bonds is 6. The van der Waals surface area contributed by atoms with Crippen molar-refractivity contribution >= 4 is 16.6 Å². The van der Waals surface area contributed by atoms with Crippen LogP contribution in [0.3, 0.4) is 0 Å². The molecule has 3 rings (SSSR count). The van der Waals surface area contributed by atoms with Crippen LogP contribution in [0.15, 0.2) is 30.5 Å². The van der Waals surface area contributed by atoms with Gasteiger partial charge in [0.1, 0.15) is 5.75 Å². The molecule has 3 N–H and O–H groups in total. The molecule has 1 heterocycles. The molecule has 132 valence electrons. The Morgan fingerprint density at radius 2 is 1.60 bits per heavy atom. The Morgan fingerprint density at radius 1 is 0.880 bits per heavy atom. The Bertz CT molecular complexity index is 902. The van der Waals surface area contributed by atoms with Crippen molar-refractivity contribution in [3.05, 3.63) is 41.6 Å². The fraction of sp³-hybridized carbons (Fsp3) is 0.263. The van der Waals surface area contributed by atoms with Crippen molar-refractivity contribution in [2.75, 3.05) is 34.2 Å². The standard InChI is InChI=1S/C19H22N2O4/c1-22-14-7-5-6-13-12(10-21-17(13)14)8-11-9-15(23-2)18(24-3)19(25-4)16(11)20/h5-7,9-10,21H,8,20H2,1-4H3. The molecule has 6 nitrogen and oxygen atoms in total. The van der Waals surface area contributed by atoms with Crippen LogP contribution in [0.4, 0.5) is 5.69 Å². The van der Waals surface area contributed by atoms with Crippen LogP contribution in [0.5, 0.6) is 23.0 Å². The molecule has 3 aromatic rings. The van der Waals surface area contributed by atoms with E-state index in [4.69, 9.17) is 24.7 Å². The summed E-state index contributed by atoms with van der Waals surface area (Å²) in [5.74, 6) is 2.36. The van der Waals surface area contributed by atoms with Gasteiger partial charge < -0.3 is 29.7 Å². The third kappa shape index (κ3) is 2.80. The Kier molecular flexibility index (Phi) is 4.61. The number of nitrogens with two attached hydrogens (primary N) is 1. The molecule has 0 radical (unpaired) electrons. The zero-order valence-corrected chi connectivity index (χ0v) is 14.8. The molecule has 0 aliphatic rings. The van der Waals surface area contributed by atoms with Crippen molar-refractivity contribution in [2.45, 2.75) is 6.42 Å². The van der Waals surface area contributed by atoms with E-state index in [2.05, 4.69) is 11.1 Å². The number of benzene rings is 2. The number of ether oxygens (including phenoxy) is 4. The molecule has 1 aromatic heterocycles. The number of aromatic amines is 1. The van der Waals surface area contributed by atoms with Crippen LogP contribution in [0.1, 0.15) is 11.1 Å². The predicted molar refractivity (Wildman–Crippen MR) is 98.2 cm³/mol. The van der Waals surface area contributed by atoms with Crippen LogP contribution in [0.2, 0.25) is 0 Å². The second-order valence-corrected chi connectivity index (χ2v) is 5.59. The number of nitrogen functional groups attached to an aromatic ring is 1. The quantitative estimate of drug-likeness (QED) is 0.672. The summed E-state index contributed by atoms with van der Waals surface area (Å²) >= 11 is 0. The minimum Gasteiger partial charge on any atom is -0.495 e. The van der Waals surface area contributed by atoms with E-state index in [1.165, 1.54) is 0 Å². The molecule has 0 bridgehead atoms. The Labute approximate surface area is 146 Å². The second-order valence-electron chi connectivity index (χ2n) is 5.59. The number of methoxy groups -OCH3 is 4. The molecule has 2 aromatic carbocycles. The molecule has 0 amide bonds. The van der Waals surface area contributed by atoms with E-state index in [1.807, 2.05) is 24.4 Å². The summed E-state index contributed by atoms with van der Waals surface area (Å²) in [4.78, 5) is 3.27. The number of H-pyrrole nitrogens is 1. The molecule has 0 fully saturated rings. The van der Waals surface area contributed by atoms with Gasteiger partial charge >= 0.3 is 0 Å². The number of hydrogen-bond acceptors (Lipinski definition) is 5. The maximum absolute atomic E-state index is 6.32. The summed E-state index contributed by atoms with van der Waals surface area (Å²) in [6.45, 7) is 0. The van der Waals surface area contributed by atoms with Gasteiger partial charge in [-0.15, -0.1) is 0 Å². The lowest BCUT2D eigenvalue weighted by molar-refractivity contribution is 0.325. The van der Waals surface area contributed by atoms with Gasteiger partial charge in [-0.25, -0.2) is 0 Å². The fourth-order valence-electron chi connectivity index (χ4n) is 3.08. The molecular formula is C19H22N2O4. The molecule has 0 aliphatic heterocycles. The summed E-state index contributed by atoms with van der Waals surface area (Å²) in [7, 11) is 6.37. The predicted octanol–water partition coefficient (Wildman–Crippen LogP) is 3.38. The van der Waals surface area contributed by atoms with Crippen LogP contribution in [-0.4, -0.2) is 33.4 Å². The molecule has 6 heteroatoms. The highest BCUT2D eigenvalue weighted by Gasteiger charge is 2.19. The van der Waals surface area contributed by atoms with E-state index >= 15 is 0 Å². The first-order chi connectivity index (χ1) is 12.1. The summed E-state index contributed by atoms with van der Waals surface area (Å²) in [5, 5.41) is 1.09. The molecule has 0 spiro atoms. The maximum Gasteiger partial charge on any atom is 0.205 e. The Morgan fingerprint density at radius 3 is 2.24 bits per heavy atom. The average Bonchev–Trinajstić information content (AvgIpc) is 3.05. The van der Waals surface area contributed by atoms with Crippen LogP contribution < -0.4 is 24.7 Å². The molecule has 0 atom stereocenters. The molecule has 0 saturated heterocycles. The van der Waals surface area contributed by atoms with Gasteiger partial charge in [-0.1, -0.05) is 12.1 Å². The molecule has 0 saturated carbocycles. The summed E-state index contributed by atoms with van der Waals surface area (Å²) in [6, 6.07) is 7.83. The Balaban J connectivity index is 2.09. The fourth-order valence-corrected chi connectivity index (χ4v) is 3.08. The molecule has 0 aliphatic carbocycles. The smallest absolute Gasteiger partial charge is 0.205 e. The number of aromatic nitrogens is 1. The van der Waals surface area contributed by atoms with E-state index < -0.39 is 0 Å². The van der Waals surface area contributed by atoms with Crippen molar-refractivity contribution in [3.8, 4) is 23.0 Å². The van der Waals surface area contributed by atoms with Crippen LogP contribution in [-0.2, 0) is 6.42 Å². The van der Waals surface area contributed by atoms with E-state index in [0.29, 0.717) is 29.4 Å². The first-order valence-corrected chi connectivity index (χ1v) is 7.84. The highest BCUT2D eigenvalue weighted by atomic mass is 16.5. The number of fused-ring (bicyclic) bond motifs is 1. The lowest BCUT2D eigenvalue weighted by Crippen LogP contribution is -2.03. The van der Waals surface area contributed by atoms with Gasteiger partial charge in [-0.2, -0.15) is 0 Å². The van der Waals surface area contributed by atoms with E-state index in [-0.39, 0.29) is 0 Å². The lowest BCUT2D eigenvalue weighted by Gasteiger charge is -2.17. The number of nitrogens with one attached hydrogen (secondary N) is 1. The lowest BCUT2D eigenvalue weighted by atomic mass is 10.0. The average molecular weight is 342 g/mol. The first kappa shape index (κ1) is 16.8. The maximum atomic E-state index is 6.32. The van der Waals surface area contributed by atoms with Crippen LogP contribution in [0, 0.1) is 0 Å². The first-order valence-electron chi connectivity index (χ1n) is 7.84. The Hall–Kier alpha value is -3.02. The number of anilines is 1. The van der Waals surface area contributed by atoms with Crippen molar-refractivity contribution in [3.63, 3.8) is 0 Å². The van der Waals surface area contributed by atoms with E-state index in [1.54, 1.807) is 28.4 Å². The van der Waals surface area contributed by atoms with Gasteiger partial charge in [-0.05, 0) is 23.3 Å². The number of para-hydroxylation sites is 1. The minimum atomic E-state index is 0.481. The highest BCUT2D eigenvalue weighted by molar-refractivity contribution is 5.89. The summed E-state index contributed by atoms with van der Waals surface area (Å²) in [5.41, 5.74) is 9.83. The SMILES string of the molecule is COc1cc(Cc2c[nH]c3c(OC)cccc23)c(N)c(OC)c1OC. The highest BCUT2D eigenvalue weighted by Crippen LogP contribution is 2.44. The molecule has 25 heavy (non-hydrogen) atoms. The van der Waals surface area contributed by atoms with Gasteiger partial charge in [0.05, 0.1) is 39.6 Å². The van der Waals surface area contributed by atoms with Crippen molar-refractivity contribution in [1.29, 1.82) is 0 Å². The number of hydrogen-bond donors (Lipinski definition) is 2. The summed E-state index contributed by atoms with van der Waals surface area (Å²) in [6.07, 6.45) is 2.59. The van der Waals surface area contributed by atoms with E-state index in [0.717, 1.165) is 27.8 Å². The zero-order chi connectivity index (χ0) is 18.0. The van der Waals surface area contributed by atoms with Crippen LogP contribution >= 0.6 is 0 Å². The van der Waals surface area contributed by atoms with Gasteiger partial charge in [0.25, 0.3) is 0 Å². The monoisotopic (exact) mass is 342 g/mol. The van der Waals surface area contributed by atoms with Gasteiger partial charge in [0.15, 0.2) is 11.5 Å².